The number of nitrogens with two attached hydrogens (primary N) is 1. The number of rotatable bonds is 48. The van der Waals surface area contributed by atoms with Gasteiger partial charge in [-0.2, -0.15) is 0 Å². The molecule has 0 aliphatic heterocycles. The molecule has 0 unspecified atom stereocenters. The molecule has 372 valence electrons. The number of carboxylic acids is 2. The largest absolute Gasteiger partial charge is 0.481 e. The second kappa shape index (κ2) is 45.6. The van der Waals surface area contributed by atoms with Gasteiger partial charge in [0.25, 0.3) is 0 Å². The molecule has 5 amide bonds. The average molecular weight is 919 g/mol. The minimum atomic E-state index is -1.06. The first-order valence-electron chi connectivity index (χ1n) is 23.5. The Hall–Kier alpha value is -3.95. The number of nitrogens with one attached hydrogen (secondary N) is 5. The third kappa shape index (κ3) is 44.6. The first-order chi connectivity index (χ1) is 31.0. The fraction of sp³-hybridized carbons (Fsp3) is 0.841. The normalized spacial score (nSPS) is 11.5. The van der Waals surface area contributed by atoms with Crippen LogP contribution >= 0.6 is 0 Å². The summed E-state index contributed by atoms with van der Waals surface area (Å²) in [5.74, 6) is 1.98. The Balaban J connectivity index is 3.59. The smallest absolute Gasteiger partial charge is 0.326 e. The molecule has 0 saturated heterocycles. The summed E-state index contributed by atoms with van der Waals surface area (Å²) >= 11 is 0. The highest BCUT2D eigenvalue weighted by molar-refractivity contribution is 5.84. The fourth-order valence-electron chi connectivity index (χ4n) is 6.24. The van der Waals surface area contributed by atoms with Gasteiger partial charge in [-0.1, -0.05) is 77.0 Å². The molecule has 1 atom stereocenters. The highest BCUT2D eigenvalue weighted by atomic mass is 16.6. The van der Waals surface area contributed by atoms with Crippen LogP contribution in [0.1, 0.15) is 148 Å². The van der Waals surface area contributed by atoms with Crippen LogP contribution in [-0.2, 0) is 57.3 Å². The van der Waals surface area contributed by atoms with E-state index in [1.165, 1.54) is 44.9 Å². The van der Waals surface area contributed by atoms with Crippen LogP contribution in [0, 0.1) is 0 Å². The molecule has 0 rings (SSSR count). The molecule has 0 spiro atoms. The molecule has 20 heteroatoms. The van der Waals surface area contributed by atoms with Gasteiger partial charge in [-0.25, -0.2) is 10.7 Å². The molecule has 0 bridgehead atoms. The first kappa shape index (κ1) is 60.1. The van der Waals surface area contributed by atoms with Crippen LogP contribution < -0.4 is 32.5 Å². The minimum Gasteiger partial charge on any atom is -0.481 e. The summed E-state index contributed by atoms with van der Waals surface area (Å²) in [4.78, 5) is 86.2. The van der Waals surface area contributed by atoms with E-state index in [0.717, 1.165) is 44.9 Å². The highest BCUT2D eigenvalue weighted by Gasteiger charge is 2.19. The number of unbranched alkanes of at least 4 members (excludes halogenated alkanes) is 14. The van der Waals surface area contributed by atoms with Crippen LogP contribution in [0.5, 0.6) is 0 Å². The summed E-state index contributed by atoms with van der Waals surface area (Å²) < 4.78 is 21.6. The number of ether oxygens (including phenoxy) is 4. The van der Waals surface area contributed by atoms with E-state index in [1.54, 1.807) is 0 Å². The zero-order valence-corrected chi connectivity index (χ0v) is 38.4. The van der Waals surface area contributed by atoms with Crippen LogP contribution in [0.2, 0.25) is 0 Å². The Morgan fingerprint density at radius 2 is 0.750 bits per heavy atom. The second-order valence-corrected chi connectivity index (χ2v) is 15.5. The van der Waals surface area contributed by atoms with Gasteiger partial charge in [0.2, 0.25) is 29.5 Å². The van der Waals surface area contributed by atoms with E-state index < -0.39 is 18.0 Å². The number of carbonyl (C=O) groups excluding carboxylic acids is 5. The number of hydrogen-bond donors (Lipinski definition) is 8. The van der Waals surface area contributed by atoms with Crippen molar-refractivity contribution in [3.05, 3.63) is 0 Å². The molecular weight excluding hydrogens is 837 g/mol. The van der Waals surface area contributed by atoms with Crippen molar-refractivity contribution in [1.29, 1.82) is 0 Å². The van der Waals surface area contributed by atoms with E-state index in [4.69, 9.17) is 30.0 Å². The van der Waals surface area contributed by atoms with E-state index in [-0.39, 0.29) is 101 Å². The molecule has 0 saturated carbocycles. The van der Waals surface area contributed by atoms with Crippen molar-refractivity contribution in [3.8, 4) is 0 Å². The summed E-state index contributed by atoms with van der Waals surface area (Å²) in [6.45, 7) is 3.73. The summed E-state index contributed by atoms with van der Waals surface area (Å²) in [6, 6.07) is -0.949. The van der Waals surface area contributed by atoms with Crippen molar-refractivity contribution in [2.75, 3.05) is 85.6 Å². The molecule has 64 heavy (non-hydrogen) atoms. The lowest BCUT2D eigenvalue weighted by Gasteiger charge is -2.14. The van der Waals surface area contributed by atoms with Gasteiger partial charge in [0.1, 0.15) is 6.04 Å². The predicted octanol–water partition coefficient (Wildman–Crippen LogP) is 3.03. The molecule has 0 aromatic rings. The average Bonchev–Trinajstić information content (AvgIpc) is 3.26. The van der Waals surface area contributed by atoms with Gasteiger partial charge in [0.05, 0.1) is 59.5 Å². The number of carbonyl (C=O) groups is 7. The zero-order valence-electron chi connectivity index (χ0n) is 38.4. The van der Waals surface area contributed by atoms with E-state index in [2.05, 4.69) is 31.4 Å². The van der Waals surface area contributed by atoms with E-state index in [1.807, 2.05) is 0 Å². The Bertz CT molecular complexity index is 1230. The molecule has 20 nitrogen and oxygen atoms in total. The topological polar surface area (TPSA) is 292 Å². The zero-order chi connectivity index (χ0) is 47.1. The SMILES string of the molecule is NOCCNC(=O)CCC(=O)NCCOCCOCCC(=O)NCCOCCOCCC(=O)NCCCC[C@H](NC(=O)CCCCCCCCCCCCCCCCC(=O)O)C(=O)O. The van der Waals surface area contributed by atoms with E-state index in [0.29, 0.717) is 71.9 Å². The van der Waals surface area contributed by atoms with Crippen molar-refractivity contribution < 1.29 is 67.6 Å². The predicted molar refractivity (Wildman–Crippen MR) is 239 cm³/mol. The second-order valence-electron chi connectivity index (χ2n) is 15.5. The standard InChI is InChI=1S/C44H82N6O14/c45-64-32-27-49-39(52)21-20-38(51)47-25-30-62-35-34-61-29-23-41(54)48-26-31-63-36-33-60-28-22-40(53)46-24-16-15-17-37(44(58)59)50-42(55)18-13-11-9-7-5-3-1-2-4-6-8-10-12-14-19-43(56)57/h37H,1-36,45H2,(H,46,53)(H,47,51)(H,48,54)(H,49,52)(H,50,55)(H,56,57)(H,58,59)/t37-/m0/s1. The Morgan fingerprint density at radius 3 is 1.17 bits per heavy atom. The van der Waals surface area contributed by atoms with E-state index >= 15 is 0 Å². The summed E-state index contributed by atoms with van der Waals surface area (Å²) in [7, 11) is 0. The number of hydrogen-bond acceptors (Lipinski definition) is 13. The van der Waals surface area contributed by atoms with Gasteiger partial charge < -0.3 is 60.6 Å². The summed E-state index contributed by atoms with van der Waals surface area (Å²) in [5, 5.41) is 31.6. The minimum absolute atomic E-state index is 0.0630. The van der Waals surface area contributed by atoms with Gasteiger partial charge in [-0.15, -0.1) is 0 Å². The van der Waals surface area contributed by atoms with Crippen LogP contribution in [-0.4, -0.2) is 143 Å². The quantitative estimate of drug-likeness (QED) is 0.0322. The monoisotopic (exact) mass is 919 g/mol. The molecule has 0 radical (unpaired) electrons. The Kier molecular flexibility index (Phi) is 42.8. The number of amides is 5. The van der Waals surface area contributed by atoms with Crippen LogP contribution in [0.4, 0.5) is 0 Å². The van der Waals surface area contributed by atoms with Gasteiger partial charge >= 0.3 is 11.9 Å². The van der Waals surface area contributed by atoms with Crippen LogP contribution in [0.3, 0.4) is 0 Å². The lowest BCUT2D eigenvalue weighted by atomic mass is 10.0. The van der Waals surface area contributed by atoms with Crippen molar-refractivity contribution in [3.63, 3.8) is 0 Å². The van der Waals surface area contributed by atoms with Gasteiger partial charge in [0, 0.05) is 64.7 Å². The van der Waals surface area contributed by atoms with Gasteiger partial charge in [-0.05, 0) is 32.1 Å². The molecular formula is C44H82N6O14. The number of carboxylic acid groups (broad SMARTS) is 2. The molecule has 0 aromatic carbocycles. The Morgan fingerprint density at radius 1 is 0.375 bits per heavy atom. The lowest BCUT2D eigenvalue weighted by Crippen LogP contribution is -2.40. The lowest BCUT2D eigenvalue weighted by molar-refractivity contribution is -0.142. The Labute approximate surface area is 380 Å². The summed E-state index contributed by atoms with van der Waals surface area (Å²) in [6.07, 6.45) is 17.8. The third-order valence-corrected chi connectivity index (χ3v) is 9.87. The van der Waals surface area contributed by atoms with Gasteiger partial charge in [-0.3, -0.25) is 28.8 Å². The maximum atomic E-state index is 12.3. The van der Waals surface area contributed by atoms with Crippen LogP contribution in [0.25, 0.3) is 0 Å². The third-order valence-electron chi connectivity index (χ3n) is 9.87. The highest BCUT2D eigenvalue weighted by Crippen LogP contribution is 2.14. The molecule has 9 N–H and O–H groups in total. The van der Waals surface area contributed by atoms with Crippen molar-refractivity contribution >= 4 is 41.5 Å². The first-order valence-corrected chi connectivity index (χ1v) is 23.5. The maximum absolute atomic E-state index is 12.3. The van der Waals surface area contributed by atoms with E-state index in [9.17, 15) is 38.7 Å². The molecule has 0 fully saturated rings. The summed E-state index contributed by atoms with van der Waals surface area (Å²) in [5.41, 5.74) is 0. The molecule has 0 aliphatic rings. The molecule has 0 aliphatic carbocycles. The van der Waals surface area contributed by atoms with Crippen molar-refractivity contribution in [1.82, 2.24) is 26.6 Å². The van der Waals surface area contributed by atoms with Crippen molar-refractivity contribution in [2.45, 2.75) is 154 Å². The van der Waals surface area contributed by atoms with Crippen molar-refractivity contribution in [2.24, 2.45) is 5.90 Å². The molecule has 0 aromatic heterocycles. The molecule has 0 heterocycles. The van der Waals surface area contributed by atoms with Gasteiger partial charge in [0.15, 0.2) is 0 Å². The van der Waals surface area contributed by atoms with Crippen LogP contribution in [0.15, 0.2) is 0 Å². The fourth-order valence-corrected chi connectivity index (χ4v) is 6.24. The maximum Gasteiger partial charge on any atom is 0.326 e. The number of aliphatic carboxylic acids is 2.